The fraction of sp³-hybridized carbons (Fsp3) is 0.222. The van der Waals surface area contributed by atoms with Crippen molar-refractivity contribution in [1.82, 2.24) is 5.32 Å². The first-order valence-electron chi connectivity index (χ1n) is 7.49. The molecule has 0 saturated carbocycles. The minimum atomic E-state index is -0.668. The lowest BCUT2D eigenvalue weighted by Gasteiger charge is -2.16. The summed E-state index contributed by atoms with van der Waals surface area (Å²) in [5.41, 5.74) is 1.57. The lowest BCUT2D eigenvalue weighted by atomic mass is 10.1. The molecule has 0 aromatic heterocycles. The molecule has 0 atom stereocenters. The van der Waals surface area contributed by atoms with Gasteiger partial charge in [0.15, 0.2) is 0 Å². The first kappa shape index (κ1) is 17.3. The smallest absolute Gasteiger partial charge is 0.316 e. The molecule has 24 heavy (non-hydrogen) atoms. The molecule has 0 saturated heterocycles. The second-order valence-corrected chi connectivity index (χ2v) is 5.23. The van der Waals surface area contributed by atoms with Crippen LogP contribution in [0.5, 0.6) is 11.5 Å². The van der Waals surface area contributed by atoms with Crippen LogP contribution in [0.25, 0.3) is 0 Å². The molecule has 0 heterocycles. The van der Waals surface area contributed by atoms with E-state index in [1.165, 1.54) is 24.1 Å². The van der Waals surface area contributed by atoms with Crippen LogP contribution in [0.3, 0.4) is 0 Å². The fourth-order valence-electron chi connectivity index (χ4n) is 2.13. The molecular formula is C18H20N2O4. The molecule has 0 fully saturated rings. The number of ether oxygens (including phenoxy) is 1. The van der Waals surface area contributed by atoms with Crippen LogP contribution in [0.4, 0.5) is 5.69 Å². The molecule has 6 nitrogen and oxygen atoms in total. The van der Waals surface area contributed by atoms with Crippen molar-refractivity contribution in [3.8, 4) is 11.5 Å². The molecule has 0 aliphatic rings. The van der Waals surface area contributed by atoms with E-state index in [1.54, 1.807) is 19.2 Å². The number of anilines is 1. The molecular weight excluding hydrogens is 308 g/mol. The molecule has 0 aliphatic heterocycles. The Balaban J connectivity index is 1.84. The third-order valence-electron chi connectivity index (χ3n) is 3.59. The molecule has 6 heteroatoms. The van der Waals surface area contributed by atoms with Crippen molar-refractivity contribution in [2.75, 3.05) is 25.6 Å². The molecule has 2 aromatic carbocycles. The topological polar surface area (TPSA) is 78.9 Å². The zero-order chi connectivity index (χ0) is 17.5. The number of phenolic OH excluding ortho intramolecular Hbond substituents is 1. The summed E-state index contributed by atoms with van der Waals surface area (Å²) in [4.78, 5) is 25.3. The Kier molecular flexibility index (Phi) is 5.78. The standard InChI is InChI=1S/C18H20N2O4/c1-20(14-5-7-15(21)8-6-14)18(23)17(22)19-12-11-13-3-9-16(24-2)10-4-13/h3-10,21H,11-12H2,1-2H3,(H,19,22). The van der Waals surface area contributed by atoms with Crippen LogP contribution in [0, 0.1) is 0 Å². The summed E-state index contributed by atoms with van der Waals surface area (Å²) in [5.74, 6) is -0.452. The summed E-state index contributed by atoms with van der Waals surface area (Å²) in [6, 6.07) is 13.6. The third-order valence-corrected chi connectivity index (χ3v) is 3.59. The number of carbonyl (C=O) groups is 2. The Bertz CT molecular complexity index is 696. The summed E-state index contributed by atoms with van der Waals surface area (Å²) in [5, 5.41) is 11.9. The highest BCUT2D eigenvalue weighted by molar-refractivity contribution is 6.40. The Labute approximate surface area is 140 Å². The summed E-state index contributed by atoms with van der Waals surface area (Å²) in [6.45, 7) is 0.361. The van der Waals surface area contributed by atoms with Crippen molar-refractivity contribution < 1.29 is 19.4 Å². The first-order chi connectivity index (χ1) is 11.5. The zero-order valence-corrected chi connectivity index (χ0v) is 13.7. The van der Waals surface area contributed by atoms with Gasteiger partial charge >= 0.3 is 11.8 Å². The van der Waals surface area contributed by atoms with Crippen molar-refractivity contribution in [2.45, 2.75) is 6.42 Å². The molecule has 0 unspecified atom stereocenters. The third kappa shape index (κ3) is 4.49. The van der Waals surface area contributed by atoms with Crippen molar-refractivity contribution in [3.05, 3.63) is 54.1 Å². The van der Waals surface area contributed by atoms with Gasteiger partial charge in [0.1, 0.15) is 11.5 Å². The first-order valence-corrected chi connectivity index (χ1v) is 7.49. The van der Waals surface area contributed by atoms with Crippen LogP contribution in [0.1, 0.15) is 5.56 Å². The lowest BCUT2D eigenvalue weighted by Crippen LogP contribution is -2.41. The van der Waals surface area contributed by atoms with Crippen LogP contribution in [-0.2, 0) is 16.0 Å². The predicted molar refractivity (Wildman–Crippen MR) is 91.2 cm³/mol. The van der Waals surface area contributed by atoms with Crippen LogP contribution in [0.15, 0.2) is 48.5 Å². The number of rotatable bonds is 5. The van der Waals surface area contributed by atoms with Crippen molar-refractivity contribution in [1.29, 1.82) is 0 Å². The average Bonchev–Trinajstić information content (AvgIpc) is 2.61. The van der Waals surface area contributed by atoms with Gasteiger partial charge in [-0.1, -0.05) is 12.1 Å². The molecule has 0 bridgehead atoms. The number of nitrogens with zero attached hydrogens (tertiary/aromatic N) is 1. The highest BCUT2D eigenvalue weighted by atomic mass is 16.5. The monoisotopic (exact) mass is 328 g/mol. The van der Waals surface area contributed by atoms with Gasteiger partial charge in [-0.3, -0.25) is 9.59 Å². The summed E-state index contributed by atoms with van der Waals surface area (Å²) in [6.07, 6.45) is 0.617. The molecule has 0 radical (unpaired) electrons. The molecule has 2 N–H and O–H groups in total. The lowest BCUT2D eigenvalue weighted by molar-refractivity contribution is -0.137. The van der Waals surface area contributed by atoms with Crippen LogP contribution >= 0.6 is 0 Å². The Morgan fingerprint density at radius 2 is 1.71 bits per heavy atom. The maximum absolute atomic E-state index is 12.1. The van der Waals surface area contributed by atoms with Crippen molar-refractivity contribution in [3.63, 3.8) is 0 Å². The number of likely N-dealkylation sites (N-methyl/N-ethyl adjacent to an activating group) is 1. The van der Waals surface area contributed by atoms with Gasteiger partial charge < -0.3 is 20.1 Å². The fourth-order valence-corrected chi connectivity index (χ4v) is 2.13. The van der Waals surface area contributed by atoms with Crippen LogP contribution in [-0.4, -0.2) is 37.6 Å². The zero-order valence-electron chi connectivity index (χ0n) is 13.7. The summed E-state index contributed by atoms with van der Waals surface area (Å²) in [7, 11) is 3.11. The number of methoxy groups -OCH3 is 1. The van der Waals surface area contributed by atoms with Gasteiger partial charge in [0.05, 0.1) is 7.11 Å². The van der Waals surface area contributed by atoms with E-state index in [2.05, 4.69) is 5.32 Å². The van der Waals surface area contributed by atoms with Crippen LogP contribution in [0.2, 0.25) is 0 Å². The molecule has 0 aliphatic carbocycles. The van der Waals surface area contributed by atoms with E-state index in [0.717, 1.165) is 11.3 Å². The van der Waals surface area contributed by atoms with E-state index in [9.17, 15) is 14.7 Å². The summed E-state index contributed by atoms with van der Waals surface area (Å²) >= 11 is 0. The summed E-state index contributed by atoms with van der Waals surface area (Å²) < 4.78 is 5.08. The second kappa shape index (κ2) is 8.01. The van der Waals surface area contributed by atoms with Crippen molar-refractivity contribution in [2.24, 2.45) is 0 Å². The highest BCUT2D eigenvalue weighted by Crippen LogP contribution is 2.17. The van der Waals surface area contributed by atoms with Gasteiger partial charge in [0.25, 0.3) is 0 Å². The minimum Gasteiger partial charge on any atom is -0.508 e. The Morgan fingerprint density at radius 1 is 1.08 bits per heavy atom. The van der Waals surface area contributed by atoms with Gasteiger partial charge in [-0.05, 0) is 48.4 Å². The normalized spacial score (nSPS) is 10.1. The van der Waals surface area contributed by atoms with E-state index in [0.29, 0.717) is 18.7 Å². The number of hydrogen-bond acceptors (Lipinski definition) is 4. The van der Waals surface area contributed by atoms with E-state index < -0.39 is 11.8 Å². The van der Waals surface area contributed by atoms with Gasteiger partial charge in [-0.25, -0.2) is 0 Å². The second-order valence-electron chi connectivity index (χ2n) is 5.23. The maximum Gasteiger partial charge on any atom is 0.316 e. The number of benzene rings is 2. The molecule has 126 valence electrons. The van der Waals surface area contributed by atoms with E-state index in [-0.39, 0.29) is 5.75 Å². The number of carbonyl (C=O) groups excluding carboxylic acids is 2. The Morgan fingerprint density at radius 3 is 2.29 bits per heavy atom. The van der Waals surface area contributed by atoms with Gasteiger partial charge in [0, 0.05) is 19.3 Å². The van der Waals surface area contributed by atoms with Gasteiger partial charge in [-0.2, -0.15) is 0 Å². The number of aromatic hydroxyl groups is 1. The number of amides is 2. The number of hydrogen-bond donors (Lipinski definition) is 2. The highest BCUT2D eigenvalue weighted by Gasteiger charge is 2.19. The van der Waals surface area contributed by atoms with Gasteiger partial charge in [-0.15, -0.1) is 0 Å². The van der Waals surface area contributed by atoms with E-state index in [4.69, 9.17) is 4.74 Å². The minimum absolute atomic E-state index is 0.101. The van der Waals surface area contributed by atoms with E-state index in [1.807, 2.05) is 24.3 Å². The van der Waals surface area contributed by atoms with Crippen LogP contribution < -0.4 is 15.0 Å². The maximum atomic E-state index is 12.1. The van der Waals surface area contributed by atoms with Gasteiger partial charge in [0.2, 0.25) is 0 Å². The number of phenols is 1. The average molecular weight is 328 g/mol. The molecule has 2 amide bonds. The van der Waals surface area contributed by atoms with E-state index >= 15 is 0 Å². The molecule has 0 spiro atoms. The Hall–Kier alpha value is -3.02. The molecule has 2 aromatic rings. The number of nitrogens with one attached hydrogen (secondary N) is 1. The quantitative estimate of drug-likeness (QED) is 0.819. The SMILES string of the molecule is COc1ccc(CCNC(=O)C(=O)N(C)c2ccc(O)cc2)cc1. The molecule has 2 rings (SSSR count). The predicted octanol–water partition coefficient (Wildman–Crippen LogP) is 1.72. The van der Waals surface area contributed by atoms with Crippen molar-refractivity contribution >= 4 is 17.5 Å². The largest absolute Gasteiger partial charge is 0.508 e.